The predicted molar refractivity (Wildman–Crippen MR) is 128 cm³/mol. The minimum atomic E-state index is -0.121. The fraction of sp³-hybridized carbons (Fsp3) is 0.385. The lowest BCUT2D eigenvalue weighted by Crippen LogP contribution is -2.23. The minimum absolute atomic E-state index is 0.121. The van der Waals surface area contributed by atoms with E-state index in [0.29, 0.717) is 11.6 Å². The van der Waals surface area contributed by atoms with E-state index >= 15 is 0 Å². The summed E-state index contributed by atoms with van der Waals surface area (Å²) in [6.45, 7) is 6.60. The van der Waals surface area contributed by atoms with E-state index in [1.165, 1.54) is 21.6 Å². The van der Waals surface area contributed by atoms with Crippen LogP contribution in [0, 0.1) is 5.92 Å². The summed E-state index contributed by atoms with van der Waals surface area (Å²) in [6.07, 6.45) is 3.64. The number of rotatable bonds is 6. The van der Waals surface area contributed by atoms with Crippen molar-refractivity contribution >= 4 is 17.2 Å². The van der Waals surface area contributed by atoms with Crippen molar-refractivity contribution in [3.05, 3.63) is 57.6 Å². The van der Waals surface area contributed by atoms with Gasteiger partial charge in [-0.2, -0.15) is 0 Å². The number of hydrogen-bond donors (Lipinski definition) is 1. The van der Waals surface area contributed by atoms with E-state index in [1.807, 2.05) is 0 Å². The van der Waals surface area contributed by atoms with Gasteiger partial charge >= 0.3 is 0 Å². The molecule has 5 heteroatoms. The van der Waals surface area contributed by atoms with E-state index in [2.05, 4.69) is 56.4 Å². The van der Waals surface area contributed by atoms with Crippen LogP contribution in [0.15, 0.2) is 30.3 Å². The van der Waals surface area contributed by atoms with E-state index in [1.54, 1.807) is 25.5 Å². The molecule has 0 radical (unpaired) electrons. The van der Waals surface area contributed by atoms with Crippen LogP contribution >= 0.6 is 11.3 Å². The molecular weight excluding hydrogens is 404 g/mol. The Morgan fingerprint density at radius 2 is 2.00 bits per heavy atom. The summed E-state index contributed by atoms with van der Waals surface area (Å²) in [4.78, 5) is 20.0. The van der Waals surface area contributed by atoms with Gasteiger partial charge in [0, 0.05) is 11.9 Å². The molecule has 0 spiro atoms. The summed E-state index contributed by atoms with van der Waals surface area (Å²) >= 11 is 1.75. The number of methoxy groups -OCH3 is 1. The molecule has 1 aliphatic carbocycles. The molecule has 2 heterocycles. The van der Waals surface area contributed by atoms with Gasteiger partial charge in [-0.3, -0.25) is 4.79 Å². The van der Waals surface area contributed by atoms with Gasteiger partial charge in [0.1, 0.15) is 11.4 Å². The van der Waals surface area contributed by atoms with Gasteiger partial charge in [-0.25, -0.2) is 4.98 Å². The molecule has 4 nitrogen and oxygen atoms in total. The lowest BCUT2D eigenvalue weighted by Gasteiger charge is -2.25. The van der Waals surface area contributed by atoms with Crippen LogP contribution in [0.4, 0.5) is 0 Å². The Hall–Kier alpha value is -2.66. The summed E-state index contributed by atoms with van der Waals surface area (Å²) in [6, 6.07) is 10.9. The van der Waals surface area contributed by atoms with Crippen LogP contribution in [0.3, 0.4) is 0 Å². The number of hydrogen-bond acceptors (Lipinski definition) is 4. The maximum Gasteiger partial charge on any atom is 0.269 e. The number of aryl methyl sites for hydroxylation is 2. The van der Waals surface area contributed by atoms with Crippen LogP contribution < -0.4 is 10.1 Å². The average Bonchev–Trinajstić information content (AvgIpc) is 3.26. The highest BCUT2D eigenvalue weighted by molar-refractivity contribution is 7.15. The Bertz CT molecular complexity index is 1130. The summed E-state index contributed by atoms with van der Waals surface area (Å²) in [5.41, 5.74) is 7.29. The number of benzene rings is 1. The average molecular weight is 435 g/mol. The number of pyridine rings is 1. The van der Waals surface area contributed by atoms with Crippen molar-refractivity contribution in [2.24, 2.45) is 5.92 Å². The first-order valence-electron chi connectivity index (χ1n) is 11.0. The van der Waals surface area contributed by atoms with E-state index in [-0.39, 0.29) is 5.91 Å². The highest BCUT2D eigenvalue weighted by Gasteiger charge is 2.26. The second-order valence-corrected chi connectivity index (χ2v) is 9.67. The number of nitrogens with one attached hydrogen (secondary N) is 1. The Kier molecular flexibility index (Phi) is 6.15. The third kappa shape index (κ3) is 4.11. The quantitative estimate of drug-likeness (QED) is 0.541. The fourth-order valence-corrected chi connectivity index (χ4v) is 5.28. The van der Waals surface area contributed by atoms with E-state index in [9.17, 15) is 4.79 Å². The predicted octanol–water partition coefficient (Wildman–Crippen LogP) is 5.70. The zero-order chi connectivity index (χ0) is 22.1. The number of thiophene rings is 1. The number of aromatic nitrogens is 1. The fourth-order valence-electron chi connectivity index (χ4n) is 4.38. The Morgan fingerprint density at radius 3 is 2.65 bits per heavy atom. The van der Waals surface area contributed by atoms with Crippen LogP contribution in [0.2, 0.25) is 0 Å². The second kappa shape index (κ2) is 8.83. The van der Waals surface area contributed by atoms with Gasteiger partial charge < -0.3 is 10.1 Å². The van der Waals surface area contributed by atoms with Crippen molar-refractivity contribution in [3.63, 3.8) is 0 Å². The molecule has 2 aromatic heterocycles. The molecule has 0 bridgehead atoms. The molecule has 1 aromatic carbocycles. The van der Waals surface area contributed by atoms with Crippen molar-refractivity contribution in [3.8, 4) is 27.4 Å². The number of ether oxygens (including phenoxy) is 1. The first kappa shape index (κ1) is 21.6. The molecule has 1 aliphatic rings. The van der Waals surface area contributed by atoms with Crippen LogP contribution in [-0.4, -0.2) is 25.0 Å². The van der Waals surface area contributed by atoms with Gasteiger partial charge in [0.05, 0.1) is 17.7 Å². The van der Waals surface area contributed by atoms with Crippen molar-refractivity contribution in [2.45, 2.75) is 46.5 Å². The number of amides is 1. The van der Waals surface area contributed by atoms with Gasteiger partial charge in [0.25, 0.3) is 5.91 Å². The van der Waals surface area contributed by atoms with Gasteiger partial charge in [-0.05, 0) is 89.8 Å². The number of carbonyl (C=O) groups excluding carboxylic acids is 1. The molecule has 0 saturated carbocycles. The van der Waals surface area contributed by atoms with E-state index < -0.39 is 0 Å². The molecule has 0 aliphatic heterocycles. The SMILES string of the molecule is CCc1ccc(-c2cc3c(c(C(=O)NC)n2)CCc2cc(OC)c(CC(C)C)cc2-3)s1. The van der Waals surface area contributed by atoms with E-state index in [0.717, 1.165) is 53.1 Å². The summed E-state index contributed by atoms with van der Waals surface area (Å²) < 4.78 is 5.71. The number of nitrogens with zero attached hydrogens (tertiary/aromatic N) is 1. The largest absolute Gasteiger partial charge is 0.496 e. The molecule has 1 amide bonds. The maximum absolute atomic E-state index is 12.8. The molecule has 4 rings (SSSR count). The lowest BCUT2D eigenvalue weighted by atomic mass is 9.82. The van der Waals surface area contributed by atoms with Crippen molar-refractivity contribution in [2.75, 3.05) is 14.2 Å². The van der Waals surface area contributed by atoms with Gasteiger partial charge in [-0.15, -0.1) is 11.3 Å². The van der Waals surface area contributed by atoms with Gasteiger partial charge in [0.2, 0.25) is 0 Å². The monoisotopic (exact) mass is 434 g/mol. The zero-order valence-electron chi connectivity index (χ0n) is 19.0. The first-order chi connectivity index (χ1) is 14.9. The standard InChI is InChI=1S/C26H30N2O2S/c1-6-18-8-10-24(31-18)22-14-21-19(25(28-22)26(29)27-4)9-7-16-13-23(30-5)17(11-15(2)3)12-20(16)21/h8,10,12-15H,6-7,9,11H2,1-5H3,(H,27,29). The third-order valence-electron chi connectivity index (χ3n) is 5.90. The highest BCUT2D eigenvalue weighted by atomic mass is 32.1. The second-order valence-electron chi connectivity index (χ2n) is 8.50. The van der Waals surface area contributed by atoms with Gasteiger partial charge in [-0.1, -0.05) is 20.8 Å². The van der Waals surface area contributed by atoms with Crippen LogP contribution in [0.25, 0.3) is 21.7 Å². The van der Waals surface area contributed by atoms with Gasteiger partial charge in [0.15, 0.2) is 0 Å². The molecule has 31 heavy (non-hydrogen) atoms. The van der Waals surface area contributed by atoms with Crippen LogP contribution in [0.1, 0.15) is 52.8 Å². The summed E-state index contributed by atoms with van der Waals surface area (Å²) in [5.74, 6) is 1.37. The lowest BCUT2D eigenvalue weighted by molar-refractivity contribution is 0.0957. The topological polar surface area (TPSA) is 51.2 Å². The summed E-state index contributed by atoms with van der Waals surface area (Å²) in [7, 11) is 3.42. The third-order valence-corrected chi connectivity index (χ3v) is 7.15. The minimum Gasteiger partial charge on any atom is -0.496 e. The Morgan fingerprint density at radius 1 is 1.19 bits per heavy atom. The first-order valence-corrected chi connectivity index (χ1v) is 11.8. The van der Waals surface area contributed by atoms with E-state index in [4.69, 9.17) is 9.72 Å². The van der Waals surface area contributed by atoms with Crippen LogP contribution in [0.5, 0.6) is 5.75 Å². The molecule has 3 aromatic rings. The van der Waals surface area contributed by atoms with Crippen molar-refractivity contribution < 1.29 is 9.53 Å². The maximum atomic E-state index is 12.8. The molecule has 0 atom stereocenters. The molecule has 0 fully saturated rings. The Labute approximate surface area is 188 Å². The van der Waals surface area contributed by atoms with Crippen molar-refractivity contribution in [1.82, 2.24) is 10.3 Å². The number of fused-ring (bicyclic) bond motifs is 3. The molecule has 1 N–H and O–H groups in total. The smallest absolute Gasteiger partial charge is 0.269 e. The normalized spacial score (nSPS) is 12.5. The van der Waals surface area contributed by atoms with Crippen LogP contribution in [-0.2, 0) is 25.7 Å². The van der Waals surface area contributed by atoms with Crippen molar-refractivity contribution in [1.29, 1.82) is 0 Å². The zero-order valence-corrected chi connectivity index (χ0v) is 19.8. The molecule has 162 valence electrons. The molecule has 0 unspecified atom stereocenters. The number of carbonyl (C=O) groups is 1. The highest BCUT2D eigenvalue weighted by Crippen LogP contribution is 2.41. The molecule has 0 saturated heterocycles. The Balaban J connectivity index is 1.94. The summed E-state index contributed by atoms with van der Waals surface area (Å²) in [5, 5.41) is 2.79. The molecular formula is C26H30N2O2S.